The van der Waals surface area contributed by atoms with Gasteiger partial charge in [0.25, 0.3) is 0 Å². The summed E-state index contributed by atoms with van der Waals surface area (Å²) in [6, 6.07) is 4.59. The molecule has 0 amide bonds. The lowest BCUT2D eigenvalue weighted by molar-refractivity contribution is 0.00723. The zero-order valence-corrected chi connectivity index (χ0v) is 18.4. The molecule has 0 radical (unpaired) electrons. The third kappa shape index (κ3) is 4.74. The molecule has 2 aliphatic rings. The molecule has 1 aliphatic heterocycles. The molecular weight excluding hydrogens is 346 g/mol. The summed E-state index contributed by atoms with van der Waals surface area (Å²) in [6.45, 7) is 10.5. The van der Waals surface area contributed by atoms with Crippen molar-refractivity contribution in [2.45, 2.75) is 90.6 Å². The molecule has 1 aromatic carbocycles. The van der Waals surface area contributed by atoms with Crippen LogP contribution in [0.5, 0.6) is 11.5 Å². The second-order valence-corrected chi connectivity index (χ2v) is 9.22. The molecule has 28 heavy (non-hydrogen) atoms. The van der Waals surface area contributed by atoms with Crippen LogP contribution in [0.4, 0.5) is 0 Å². The summed E-state index contributed by atoms with van der Waals surface area (Å²) >= 11 is 0. The maximum Gasteiger partial charge on any atom is 0.127 e. The van der Waals surface area contributed by atoms with Gasteiger partial charge in [-0.05, 0) is 83.5 Å². The van der Waals surface area contributed by atoms with E-state index in [4.69, 9.17) is 15.2 Å². The average Bonchev–Trinajstić information content (AvgIpc) is 2.64. The Balaban J connectivity index is 1.95. The highest BCUT2D eigenvalue weighted by atomic mass is 16.5. The SMILES string of the molecule is CCCCCc1cc(OCCCCN)c2c(c1)OC(C)(C)[C@H]1CC=C(C)C[C@@H]21. The van der Waals surface area contributed by atoms with Gasteiger partial charge < -0.3 is 15.2 Å². The third-order valence-electron chi connectivity index (χ3n) is 6.47. The standard InChI is InChI=1S/C25H39NO2/c1-5-6-7-10-19-16-22(27-14-9-8-13-26)24-20-15-18(2)11-12-21(20)25(3,4)28-23(24)17-19/h11,16-17,20-21H,5-10,12-15,26H2,1-4H3/t20-,21+/m1/s1. The summed E-state index contributed by atoms with van der Waals surface area (Å²) in [5.74, 6) is 3.10. The van der Waals surface area contributed by atoms with Gasteiger partial charge in [-0.2, -0.15) is 0 Å². The fourth-order valence-corrected chi connectivity index (χ4v) is 4.87. The molecule has 3 heteroatoms. The Labute approximate surface area is 171 Å². The van der Waals surface area contributed by atoms with Crippen molar-refractivity contribution in [1.29, 1.82) is 0 Å². The number of fused-ring (bicyclic) bond motifs is 3. The van der Waals surface area contributed by atoms with Gasteiger partial charge in [0, 0.05) is 17.4 Å². The fourth-order valence-electron chi connectivity index (χ4n) is 4.87. The first-order valence-electron chi connectivity index (χ1n) is 11.3. The van der Waals surface area contributed by atoms with Gasteiger partial charge in [-0.25, -0.2) is 0 Å². The summed E-state index contributed by atoms with van der Waals surface area (Å²) in [5.41, 5.74) is 9.66. The molecule has 0 saturated carbocycles. The number of benzene rings is 1. The van der Waals surface area contributed by atoms with Crippen molar-refractivity contribution < 1.29 is 9.47 Å². The van der Waals surface area contributed by atoms with Crippen molar-refractivity contribution in [3.05, 3.63) is 34.9 Å². The van der Waals surface area contributed by atoms with Crippen LogP contribution in [0, 0.1) is 5.92 Å². The summed E-state index contributed by atoms with van der Waals surface area (Å²) < 4.78 is 13.0. The van der Waals surface area contributed by atoms with Crippen LogP contribution >= 0.6 is 0 Å². The van der Waals surface area contributed by atoms with E-state index in [2.05, 4.69) is 45.9 Å². The van der Waals surface area contributed by atoms with E-state index in [0.717, 1.165) is 56.8 Å². The minimum absolute atomic E-state index is 0.145. The van der Waals surface area contributed by atoms with Crippen LogP contribution in [0.25, 0.3) is 0 Å². The number of nitrogens with two attached hydrogens (primary N) is 1. The van der Waals surface area contributed by atoms with Crippen LogP contribution in [0.3, 0.4) is 0 Å². The van der Waals surface area contributed by atoms with Crippen molar-refractivity contribution in [2.75, 3.05) is 13.2 Å². The molecular formula is C25H39NO2. The average molecular weight is 386 g/mol. The van der Waals surface area contributed by atoms with Gasteiger partial charge in [-0.3, -0.25) is 0 Å². The second-order valence-electron chi connectivity index (χ2n) is 9.22. The Morgan fingerprint density at radius 1 is 1.18 bits per heavy atom. The zero-order valence-electron chi connectivity index (χ0n) is 18.4. The fraction of sp³-hybridized carbons (Fsp3) is 0.680. The van der Waals surface area contributed by atoms with Crippen molar-refractivity contribution >= 4 is 0 Å². The molecule has 0 aromatic heterocycles. The van der Waals surface area contributed by atoms with E-state index < -0.39 is 0 Å². The molecule has 3 nitrogen and oxygen atoms in total. The molecule has 3 rings (SSSR count). The Morgan fingerprint density at radius 2 is 2.00 bits per heavy atom. The molecule has 2 N–H and O–H groups in total. The molecule has 1 aliphatic carbocycles. The van der Waals surface area contributed by atoms with Crippen molar-refractivity contribution in [2.24, 2.45) is 11.7 Å². The highest BCUT2D eigenvalue weighted by molar-refractivity contribution is 5.53. The summed E-state index contributed by atoms with van der Waals surface area (Å²) in [6.07, 6.45) is 11.4. The lowest BCUT2D eigenvalue weighted by Crippen LogP contribution is -2.45. The smallest absolute Gasteiger partial charge is 0.127 e. The van der Waals surface area contributed by atoms with Gasteiger partial charge in [-0.1, -0.05) is 31.4 Å². The number of rotatable bonds is 9. The van der Waals surface area contributed by atoms with Crippen LogP contribution in [0.15, 0.2) is 23.8 Å². The molecule has 2 atom stereocenters. The lowest BCUT2D eigenvalue weighted by Gasteiger charge is -2.47. The van der Waals surface area contributed by atoms with Gasteiger partial charge in [-0.15, -0.1) is 0 Å². The molecule has 0 spiro atoms. The molecule has 0 unspecified atom stereocenters. The second kappa shape index (κ2) is 9.35. The number of unbranched alkanes of at least 4 members (excludes halogenated alkanes) is 3. The van der Waals surface area contributed by atoms with Crippen LogP contribution in [-0.2, 0) is 6.42 Å². The van der Waals surface area contributed by atoms with E-state index >= 15 is 0 Å². The molecule has 1 aromatic rings. The number of hydrogen-bond donors (Lipinski definition) is 1. The van der Waals surface area contributed by atoms with E-state index in [1.54, 1.807) is 0 Å². The monoisotopic (exact) mass is 385 g/mol. The predicted molar refractivity (Wildman–Crippen MR) is 117 cm³/mol. The Bertz CT molecular complexity index is 692. The molecule has 156 valence electrons. The van der Waals surface area contributed by atoms with Crippen molar-refractivity contribution in [1.82, 2.24) is 0 Å². The first-order chi connectivity index (χ1) is 13.5. The van der Waals surface area contributed by atoms with E-state index in [9.17, 15) is 0 Å². The van der Waals surface area contributed by atoms with Crippen molar-refractivity contribution in [3.63, 3.8) is 0 Å². The maximum atomic E-state index is 6.61. The summed E-state index contributed by atoms with van der Waals surface area (Å²) in [7, 11) is 0. The largest absolute Gasteiger partial charge is 0.493 e. The normalized spacial score (nSPS) is 22.7. The minimum atomic E-state index is -0.145. The van der Waals surface area contributed by atoms with Gasteiger partial charge in [0.05, 0.1) is 6.61 Å². The first-order valence-corrected chi connectivity index (χ1v) is 11.3. The minimum Gasteiger partial charge on any atom is -0.493 e. The third-order valence-corrected chi connectivity index (χ3v) is 6.47. The quantitative estimate of drug-likeness (QED) is 0.410. The van der Waals surface area contributed by atoms with E-state index in [1.165, 1.54) is 36.0 Å². The van der Waals surface area contributed by atoms with Gasteiger partial charge in [0.2, 0.25) is 0 Å². The Hall–Kier alpha value is -1.48. The predicted octanol–water partition coefficient (Wildman–Crippen LogP) is 6.15. The summed E-state index contributed by atoms with van der Waals surface area (Å²) in [5, 5.41) is 0. The highest BCUT2D eigenvalue weighted by Gasteiger charge is 2.45. The summed E-state index contributed by atoms with van der Waals surface area (Å²) in [4.78, 5) is 0. The number of hydrogen-bond acceptors (Lipinski definition) is 3. The zero-order chi connectivity index (χ0) is 20.1. The number of aryl methyl sites for hydroxylation is 1. The molecule has 1 heterocycles. The number of ether oxygens (including phenoxy) is 2. The van der Waals surface area contributed by atoms with Crippen LogP contribution in [0.1, 0.15) is 89.7 Å². The molecule has 0 bridgehead atoms. The lowest BCUT2D eigenvalue weighted by atomic mass is 9.67. The molecule has 0 fully saturated rings. The van der Waals surface area contributed by atoms with Gasteiger partial charge in [0.1, 0.15) is 17.1 Å². The topological polar surface area (TPSA) is 44.5 Å². The van der Waals surface area contributed by atoms with Crippen LogP contribution in [-0.4, -0.2) is 18.8 Å². The maximum absolute atomic E-state index is 6.61. The van der Waals surface area contributed by atoms with E-state index in [0.29, 0.717) is 11.8 Å². The van der Waals surface area contributed by atoms with Crippen LogP contribution < -0.4 is 15.2 Å². The highest BCUT2D eigenvalue weighted by Crippen LogP contribution is 2.54. The molecule has 0 saturated heterocycles. The van der Waals surface area contributed by atoms with Gasteiger partial charge in [0.15, 0.2) is 0 Å². The van der Waals surface area contributed by atoms with E-state index in [-0.39, 0.29) is 5.60 Å². The van der Waals surface area contributed by atoms with Crippen LogP contribution in [0.2, 0.25) is 0 Å². The van der Waals surface area contributed by atoms with Crippen molar-refractivity contribution in [3.8, 4) is 11.5 Å². The van der Waals surface area contributed by atoms with E-state index in [1.807, 2.05) is 0 Å². The first kappa shape index (κ1) is 21.2. The Morgan fingerprint density at radius 3 is 2.75 bits per heavy atom. The number of allylic oxidation sites excluding steroid dienone is 2. The van der Waals surface area contributed by atoms with Gasteiger partial charge >= 0.3 is 0 Å². The Kier molecular flexibility index (Phi) is 7.09.